The molecule has 564 valence electrons. The smallest absolute Gasteiger partial charge is 0.229 e. The average molecular weight is 1490 g/mol. The molecule has 14 aromatic rings. The van der Waals surface area contributed by atoms with Crippen LogP contribution in [-0.4, -0.2) is 237 Å². The van der Waals surface area contributed by atoms with Crippen LogP contribution in [0, 0.1) is 5.41 Å². The maximum absolute atomic E-state index is 6.37. The number of anilines is 3. The molecule has 20 heterocycles. The highest BCUT2D eigenvalue weighted by Gasteiger charge is 2.51. The fraction of sp³-hybridized carbons (Fsp3) is 0.400. The number of nitrogens with one attached hydrogen (secondary N) is 2. The lowest BCUT2D eigenvalue weighted by atomic mass is 9.82. The summed E-state index contributed by atoms with van der Waals surface area (Å²) < 4.78 is 47.2. The van der Waals surface area contributed by atoms with Gasteiger partial charge in [0.05, 0.1) is 87.3 Å². The van der Waals surface area contributed by atoms with E-state index in [1.165, 1.54) is 60.2 Å². The number of benzene rings is 3. The van der Waals surface area contributed by atoms with Crippen molar-refractivity contribution in [3.63, 3.8) is 0 Å². The number of hydrogen-bond acceptors (Lipinski definition) is 24. The lowest BCUT2D eigenvalue weighted by molar-refractivity contribution is -0.195. The molecule has 9 saturated heterocycles. The number of likely N-dealkylation sites (tertiary alicyclic amines) is 4. The normalized spacial score (nSPS) is 22.0. The number of hydrogen-bond donors (Lipinski definition) is 2. The maximum atomic E-state index is 6.37. The maximum Gasteiger partial charge on any atom is 0.229 e. The van der Waals surface area contributed by atoms with Gasteiger partial charge in [0.1, 0.15) is 16.6 Å². The molecular formula is C85H86N18O8. The first-order valence-corrected chi connectivity index (χ1v) is 39.5. The van der Waals surface area contributed by atoms with Crippen LogP contribution < -0.4 is 14.7 Å². The molecule has 10 aliphatic rings. The third kappa shape index (κ3) is 12.1. The molecule has 1 aliphatic carbocycles. The molecule has 24 rings (SSSR count). The Hall–Kier alpha value is -10.4. The van der Waals surface area contributed by atoms with Crippen LogP contribution in [0.3, 0.4) is 0 Å². The Labute approximate surface area is 638 Å². The Kier molecular flexibility index (Phi) is 16.7. The van der Waals surface area contributed by atoms with Crippen LogP contribution in [0.5, 0.6) is 0 Å². The second-order valence-electron chi connectivity index (χ2n) is 31.9. The third-order valence-electron chi connectivity index (χ3n) is 24.9. The van der Waals surface area contributed by atoms with Crippen LogP contribution in [0.2, 0.25) is 0 Å². The predicted octanol–water partition coefficient (Wildman–Crippen LogP) is 11.8. The average Bonchev–Trinajstić information content (AvgIpc) is 1.42. The van der Waals surface area contributed by atoms with Gasteiger partial charge < -0.3 is 66.5 Å². The Morgan fingerprint density at radius 3 is 1.50 bits per heavy atom. The molecule has 26 heteroatoms. The van der Waals surface area contributed by atoms with E-state index < -0.39 is 0 Å². The Bertz CT molecular complexity index is 5960. The van der Waals surface area contributed by atoms with Crippen LogP contribution in [0.15, 0.2) is 135 Å². The summed E-state index contributed by atoms with van der Waals surface area (Å²) in [6, 6.07) is 30.1. The summed E-state index contributed by atoms with van der Waals surface area (Å²) in [7, 11) is 2.25. The van der Waals surface area contributed by atoms with Gasteiger partial charge in [-0.15, -0.1) is 0 Å². The summed E-state index contributed by atoms with van der Waals surface area (Å²) in [6.45, 7) is 20.6. The van der Waals surface area contributed by atoms with E-state index in [9.17, 15) is 0 Å². The highest BCUT2D eigenvalue weighted by molar-refractivity contribution is 6.09. The minimum absolute atomic E-state index is 0.244. The molecule has 111 heavy (non-hydrogen) atoms. The molecule has 0 saturated carbocycles. The summed E-state index contributed by atoms with van der Waals surface area (Å²) in [5.74, 6) is 4.57. The number of allylic oxidation sites excluding steroid dienone is 1. The number of fused-ring (bicyclic) bond motifs is 14. The van der Waals surface area contributed by atoms with Gasteiger partial charge in [-0.05, 0) is 128 Å². The number of pyridine rings is 3. The zero-order chi connectivity index (χ0) is 73.3. The predicted molar refractivity (Wildman–Crippen MR) is 425 cm³/mol. The largest absolute Gasteiger partial charge is 0.432 e. The van der Waals surface area contributed by atoms with Crippen LogP contribution in [-0.2, 0) is 49.7 Å². The molecule has 3 aromatic carbocycles. The second kappa shape index (κ2) is 27.5. The molecule has 2 spiro atoms. The van der Waals surface area contributed by atoms with Gasteiger partial charge in [-0.25, -0.2) is 44.9 Å². The SMILES string of the molecule is C1=Cc2c(cccc2-c2nc(N3CCOCC3)c3oc4ncc(CN5CCC56COC6)cc4c3n2)C1.CN1CCC2(CCN(Cc3cnc4oc5c(N6CCOCC6)nc(-c6cccc7[nH]ccc67)nc5c4c3)C2)C1.c1cc(-c2nc(N3CCOCC3)c3oc4ncc(CN5C[C@H]6C[C@@H]5CO6)cc4c3n2)c2cc[nH]c2c1. The molecule has 1 unspecified atom stereocenters. The number of aromatic amines is 2. The van der Waals surface area contributed by atoms with Gasteiger partial charge in [-0.1, -0.05) is 54.6 Å². The Morgan fingerprint density at radius 2 is 1.01 bits per heavy atom. The first-order chi connectivity index (χ1) is 54.7. The molecular weight excluding hydrogens is 1400 g/mol. The van der Waals surface area contributed by atoms with Crippen LogP contribution in [0.1, 0.15) is 53.5 Å². The van der Waals surface area contributed by atoms with Crippen molar-refractivity contribution in [3.05, 3.63) is 150 Å². The standard InChI is InChI=1S/C30H33N7O2.C28H27N5O3.C27H26N6O3/c1-35-9-6-30(18-35)7-10-36(19-30)17-20-15-23-25-26(39-29(23)32-16-20)28(37-11-13-38-14-12-37)34-27(33-25)22-3-2-4-24-21(22)5-8-31-24;1-3-19-4-2-6-21(20(19)5-1)25-30-23-22-13-18(15-33-8-7-28(33)16-35-17-28)14-29-27(22)36-24(23)26(31-25)32-9-11-34-12-10-32;1-2-20(19-4-5-28-22(19)3-1)25-30-23-21-10-16(13-33-14-18-11-17(33)15-35-18)12-29-27(21)36-24(23)26(31-25)32-6-8-34-9-7-32/h2-5,8,15-16,31H,6-7,9-14,17-19H2,1H3;1-2,4-6,13-14H,3,7-12,15-17H2;1-5,10,12,17-18,28H,6-9,11,13-15H2/t;;17-,18-/m..1/s1. The number of ether oxygens (including phenoxy) is 5. The monoisotopic (exact) mass is 1490 g/mol. The number of nitrogens with zero attached hydrogens (tertiary/aromatic N) is 16. The van der Waals surface area contributed by atoms with Gasteiger partial charge in [-0.3, -0.25) is 14.7 Å². The molecule has 9 aliphatic heterocycles. The molecule has 26 nitrogen and oxygen atoms in total. The van der Waals surface area contributed by atoms with Gasteiger partial charge in [0.2, 0.25) is 17.1 Å². The minimum Gasteiger partial charge on any atom is -0.432 e. The molecule has 0 amide bonds. The minimum atomic E-state index is 0.244. The quantitative estimate of drug-likeness (QED) is 0.115. The van der Waals surface area contributed by atoms with E-state index in [4.69, 9.17) is 81.8 Å². The molecule has 9 fully saturated rings. The lowest BCUT2D eigenvalue weighted by Gasteiger charge is -2.57. The second-order valence-corrected chi connectivity index (χ2v) is 31.9. The topological polar surface area (TPSA) is 256 Å². The van der Waals surface area contributed by atoms with Gasteiger partial charge >= 0.3 is 0 Å². The fourth-order valence-electron chi connectivity index (χ4n) is 18.8. The van der Waals surface area contributed by atoms with E-state index in [-0.39, 0.29) is 5.54 Å². The first kappa shape index (κ1) is 67.5. The van der Waals surface area contributed by atoms with E-state index in [1.807, 2.05) is 43.1 Å². The van der Waals surface area contributed by atoms with E-state index in [0.29, 0.717) is 103 Å². The number of H-pyrrole nitrogens is 2. The highest BCUT2D eigenvalue weighted by atomic mass is 16.5. The summed E-state index contributed by atoms with van der Waals surface area (Å²) in [5, 5.41) is 5.04. The zero-order valence-corrected chi connectivity index (χ0v) is 62.2. The third-order valence-corrected chi connectivity index (χ3v) is 24.9. The first-order valence-electron chi connectivity index (χ1n) is 39.5. The fourth-order valence-corrected chi connectivity index (χ4v) is 18.8. The van der Waals surface area contributed by atoms with Crippen molar-refractivity contribution in [1.82, 2.24) is 74.4 Å². The van der Waals surface area contributed by atoms with Crippen molar-refractivity contribution in [2.24, 2.45) is 5.41 Å². The number of aromatic nitrogens is 11. The Balaban J connectivity index is 0.000000102. The summed E-state index contributed by atoms with van der Waals surface area (Å²) in [4.78, 5) is 68.2. The zero-order valence-electron chi connectivity index (χ0n) is 62.2. The molecule has 3 atom stereocenters. The van der Waals surface area contributed by atoms with Crippen LogP contribution in [0.4, 0.5) is 17.5 Å². The molecule has 2 bridgehead atoms. The molecule has 2 N–H and O–H groups in total. The van der Waals surface area contributed by atoms with E-state index in [1.54, 1.807) is 0 Å². The van der Waals surface area contributed by atoms with E-state index in [0.717, 1.165) is 212 Å². The van der Waals surface area contributed by atoms with Crippen molar-refractivity contribution in [2.45, 2.75) is 69.4 Å². The summed E-state index contributed by atoms with van der Waals surface area (Å²) >= 11 is 0. The number of morpholine rings is 4. The molecule has 0 radical (unpaired) electrons. The number of furan rings is 3. The van der Waals surface area contributed by atoms with Gasteiger partial charge in [-0.2, -0.15) is 0 Å². The van der Waals surface area contributed by atoms with Gasteiger partial charge in [0, 0.05) is 161 Å². The van der Waals surface area contributed by atoms with Crippen molar-refractivity contribution in [2.75, 3.05) is 160 Å². The van der Waals surface area contributed by atoms with Crippen LogP contribution >= 0.6 is 0 Å². The van der Waals surface area contributed by atoms with E-state index in [2.05, 4.69) is 136 Å². The van der Waals surface area contributed by atoms with Crippen molar-refractivity contribution in [3.8, 4) is 34.2 Å². The Morgan fingerprint density at radius 1 is 0.495 bits per heavy atom. The summed E-state index contributed by atoms with van der Waals surface area (Å²) in [5.41, 5.74) is 18.4. The van der Waals surface area contributed by atoms with Crippen LogP contribution in [0.25, 0.3) is 129 Å². The highest BCUT2D eigenvalue weighted by Crippen LogP contribution is 2.45. The molecule has 11 aromatic heterocycles. The number of rotatable bonds is 12. The lowest BCUT2D eigenvalue weighted by Crippen LogP contribution is -2.70. The van der Waals surface area contributed by atoms with Crippen molar-refractivity contribution < 1.29 is 36.9 Å². The van der Waals surface area contributed by atoms with Crippen molar-refractivity contribution in [1.29, 1.82) is 0 Å². The van der Waals surface area contributed by atoms with Gasteiger partial charge in [0.25, 0.3) is 0 Å². The van der Waals surface area contributed by atoms with Gasteiger partial charge in [0.15, 0.2) is 51.7 Å². The van der Waals surface area contributed by atoms with E-state index >= 15 is 0 Å². The summed E-state index contributed by atoms with van der Waals surface area (Å²) in [6.07, 6.45) is 20.4. The van der Waals surface area contributed by atoms with Crippen molar-refractivity contribution >= 4 is 112 Å².